The first-order valence-corrected chi connectivity index (χ1v) is 6.93. The summed E-state index contributed by atoms with van der Waals surface area (Å²) in [4.78, 5) is 12.6. The van der Waals surface area contributed by atoms with Crippen LogP contribution in [-0.2, 0) is 6.42 Å². The molecule has 1 heterocycles. The number of nitrogens with two attached hydrogens (primary N) is 1. The van der Waals surface area contributed by atoms with Crippen molar-refractivity contribution in [3.63, 3.8) is 0 Å². The Morgan fingerprint density at radius 3 is 2.90 bits per heavy atom. The van der Waals surface area contributed by atoms with Gasteiger partial charge in [0.2, 0.25) is 0 Å². The highest BCUT2D eigenvalue weighted by atomic mass is 16.5. The van der Waals surface area contributed by atoms with E-state index in [0.29, 0.717) is 22.6 Å². The third-order valence-corrected chi connectivity index (χ3v) is 3.68. The molecule has 2 aromatic carbocycles. The fourth-order valence-corrected chi connectivity index (χ4v) is 2.52. The van der Waals surface area contributed by atoms with E-state index in [4.69, 9.17) is 15.2 Å². The number of benzene rings is 2. The third-order valence-electron chi connectivity index (χ3n) is 3.68. The first-order chi connectivity index (χ1) is 10.2. The van der Waals surface area contributed by atoms with Crippen molar-refractivity contribution >= 4 is 11.5 Å². The maximum absolute atomic E-state index is 12.6. The minimum absolute atomic E-state index is 0.0974. The number of rotatable bonds is 3. The Kier molecular flexibility index (Phi) is 3.52. The molecule has 2 N–H and O–H groups in total. The number of carbonyl (C=O) groups excluding carboxylic acids is 1. The van der Waals surface area contributed by atoms with Crippen molar-refractivity contribution in [1.82, 2.24) is 0 Å². The zero-order chi connectivity index (χ0) is 14.8. The molecule has 0 atom stereocenters. The Hall–Kier alpha value is -2.49. The number of fused-ring (bicyclic) bond motifs is 1. The number of anilines is 1. The van der Waals surface area contributed by atoms with Gasteiger partial charge in [0.1, 0.15) is 11.5 Å². The highest BCUT2D eigenvalue weighted by Gasteiger charge is 2.17. The fraction of sp³-hybridized carbons (Fsp3) is 0.235. The summed E-state index contributed by atoms with van der Waals surface area (Å²) < 4.78 is 10.7. The highest BCUT2D eigenvalue weighted by molar-refractivity contribution is 6.12. The monoisotopic (exact) mass is 283 g/mol. The van der Waals surface area contributed by atoms with Crippen LogP contribution in [0.3, 0.4) is 0 Å². The summed E-state index contributed by atoms with van der Waals surface area (Å²) in [6.45, 7) is 0.739. The normalized spacial score (nSPS) is 13.2. The van der Waals surface area contributed by atoms with Crippen LogP contribution < -0.4 is 15.2 Å². The number of aryl methyl sites for hydroxylation is 1. The van der Waals surface area contributed by atoms with E-state index in [-0.39, 0.29) is 5.78 Å². The predicted octanol–water partition coefficient (Wildman–Crippen LogP) is 2.83. The Bertz CT molecular complexity index is 694. The molecule has 0 unspecified atom stereocenters. The highest BCUT2D eigenvalue weighted by Crippen LogP contribution is 2.28. The summed E-state index contributed by atoms with van der Waals surface area (Å²) in [5, 5.41) is 0. The molecule has 0 saturated carbocycles. The average molecular weight is 283 g/mol. The molecular weight excluding hydrogens is 266 g/mol. The Morgan fingerprint density at radius 2 is 2.10 bits per heavy atom. The van der Waals surface area contributed by atoms with Gasteiger partial charge in [-0.3, -0.25) is 4.79 Å². The summed E-state index contributed by atoms with van der Waals surface area (Å²) >= 11 is 0. The molecule has 0 amide bonds. The van der Waals surface area contributed by atoms with E-state index in [1.54, 1.807) is 31.4 Å². The number of ketones is 1. The summed E-state index contributed by atoms with van der Waals surface area (Å²) in [5.74, 6) is 1.39. The van der Waals surface area contributed by atoms with Gasteiger partial charge >= 0.3 is 0 Å². The average Bonchev–Trinajstić information content (AvgIpc) is 2.54. The van der Waals surface area contributed by atoms with Gasteiger partial charge in [0.15, 0.2) is 5.78 Å². The van der Waals surface area contributed by atoms with E-state index in [1.807, 2.05) is 12.1 Å². The number of carbonyl (C=O) groups is 1. The van der Waals surface area contributed by atoms with Crippen molar-refractivity contribution in [3.05, 3.63) is 53.1 Å². The van der Waals surface area contributed by atoms with Crippen LogP contribution in [0.4, 0.5) is 5.69 Å². The molecule has 3 rings (SSSR count). The van der Waals surface area contributed by atoms with Crippen LogP contribution in [0.15, 0.2) is 36.4 Å². The van der Waals surface area contributed by atoms with Gasteiger partial charge in [0.05, 0.1) is 13.7 Å². The van der Waals surface area contributed by atoms with Crippen molar-refractivity contribution in [2.45, 2.75) is 12.8 Å². The molecule has 0 aliphatic carbocycles. The first kappa shape index (κ1) is 13.5. The number of nitrogen functional groups attached to an aromatic ring is 1. The standard InChI is InChI=1S/C17H17NO3/c1-20-13-5-6-15(18)14(10-13)17(19)12-4-7-16-11(9-12)3-2-8-21-16/h4-7,9-10H,2-3,8,18H2,1H3. The van der Waals surface area contributed by atoms with Gasteiger partial charge in [-0.2, -0.15) is 0 Å². The Morgan fingerprint density at radius 1 is 1.24 bits per heavy atom. The van der Waals surface area contributed by atoms with Crippen LogP contribution in [0.5, 0.6) is 11.5 Å². The van der Waals surface area contributed by atoms with Crippen molar-refractivity contribution < 1.29 is 14.3 Å². The van der Waals surface area contributed by atoms with Gasteiger partial charge in [-0.1, -0.05) is 0 Å². The second kappa shape index (κ2) is 5.48. The fourth-order valence-electron chi connectivity index (χ4n) is 2.52. The molecule has 0 aromatic heterocycles. The van der Waals surface area contributed by atoms with Gasteiger partial charge in [-0.25, -0.2) is 0 Å². The SMILES string of the molecule is COc1ccc(N)c(C(=O)c2ccc3c(c2)CCCO3)c1. The van der Waals surface area contributed by atoms with Gasteiger partial charge in [-0.05, 0) is 54.8 Å². The number of ether oxygens (including phenoxy) is 2. The van der Waals surface area contributed by atoms with E-state index in [1.165, 1.54) is 0 Å². The molecule has 4 heteroatoms. The molecule has 21 heavy (non-hydrogen) atoms. The van der Waals surface area contributed by atoms with Crippen molar-refractivity contribution in [2.75, 3.05) is 19.5 Å². The third kappa shape index (κ3) is 2.57. The molecule has 0 bridgehead atoms. The molecule has 0 saturated heterocycles. The zero-order valence-corrected chi connectivity index (χ0v) is 11.9. The van der Waals surface area contributed by atoms with Crippen molar-refractivity contribution in [2.24, 2.45) is 0 Å². The summed E-state index contributed by atoms with van der Waals surface area (Å²) in [7, 11) is 1.57. The molecule has 1 aliphatic rings. The second-order valence-corrected chi connectivity index (χ2v) is 5.06. The van der Waals surface area contributed by atoms with E-state index in [9.17, 15) is 4.79 Å². The lowest BCUT2D eigenvalue weighted by atomic mass is 9.97. The van der Waals surface area contributed by atoms with E-state index < -0.39 is 0 Å². The Labute approximate surface area is 123 Å². The van der Waals surface area contributed by atoms with Gasteiger partial charge in [-0.15, -0.1) is 0 Å². The summed E-state index contributed by atoms with van der Waals surface area (Å²) in [6.07, 6.45) is 1.91. The topological polar surface area (TPSA) is 61.5 Å². The molecule has 4 nitrogen and oxygen atoms in total. The van der Waals surface area contributed by atoms with Crippen LogP contribution in [0.1, 0.15) is 27.9 Å². The molecule has 0 spiro atoms. The van der Waals surface area contributed by atoms with E-state index >= 15 is 0 Å². The lowest BCUT2D eigenvalue weighted by Gasteiger charge is -2.17. The molecule has 1 aliphatic heterocycles. The maximum atomic E-state index is 12.6. The molecule has 2 aromatic rings. The van der Waals surface area contributed by atoms with Crippen LogP contribution in [0.2, 0.25) is 0 Å². The zero-order valence-electron chi connectivity index (χ0n) is 11.9. The number of methoxy groups -OCH3 is 1. The summed E-state index contributed by atoms with van der Waals surface area (Å²) in [6, 6.07) is 10.6. The Balaban J connectivity index is 1.98. The lowest BCUT2D eigenvalue weighted by molar-refractivity contribution is 0.103. The van der Waals surface area contributed by atoms with Crippen LogP contribution >= 0.6 is 0 Å². The van der Waals surface area contributed by atoms with E-state index in [0.717, 1.165) is 30.8 Å². The minimum Gasteiger partial charge on any atom is -0.497 e. The molecular formula is C17H17NO3. The first-order valence-electron chi connectivity index (χ1n) is 6.93. The van der Waals surface area contributed by atoms with Gasteiger partial charge in [0.25, 0.3) is 0 Å². The van der Waals surface area contributed by atoms with Gasteiger partial charge < -0.3 is 15.2 Å². The van der Waals surface area contributed by atoms with Crippen molar-refractivity contribution in [1.29, 1.82) is 0 Å². The van der Waals surface area contributed by atoms with Gasteiger partial charge in [0, 0.05) is 16.8 Å². The molecule has 0 radical (unpaired) electrons. The quantitative estimate of drug-likeness (QED) is 0.695. The second-order valence-electron chi connectivity index (χ2n) is 5.06. The largest absolute Gasteiger partial charge is 0.497 e. The van der Waals surface area contributed by atoms with Crippen LogP contribution in [0, 0.1) is 0 Å². The molecule has 0 fully saturated rings. The maximum Gasteiger partial charge on any atom is 0.195 e. The minimum atomic E-state index is -0.0974. The predicted molar refractivity (Wildman–Crippen MR) is 81.1 cm³/mol. The van der Waals surface area contributed by atoms with Crippen molar-refractivity contribution in [3.8, 4) is 11.5 Å². The number of hydrogen-bond donors (Lipinski definition) is 1. The molecule has 108 valence electrons. The van der Waals surface area contributed by atoms with E-state index in [2.05, 4.69) is 0 Å². The summed E-state index contributed by atoms with van der Waals surface area (Å²) in [5.41, 5.74) is 8.54. The smallest absolute Gasteiger partial charge is 0.195 e. The lowest BCUT2D eigenvalue weighted by Crippen LogP contribution is -2.11. The van der Waals surface area contributed by atoms with Crippen LogP contribution in [-0.4, -0.2) is 19.5 Å². The number of hydrogen-bond acceptors (Lipinski definition) is 4. The van der Waals surface area contributed by atoms with Crippen LogP contribution in [0.25, 0.3) is 0 Å².